The fourth-order valence-corrected chi connectivity index (χ4v) is 4.23. The highest BCUT2D eigenvalue weighted by atomic mass is 32.2. The van der Waals surface area contributed by atoms with E-state index in [9.17, 15) is 13.2 Å². The Morgan fingerprint density at radius 1 is 1.28 bits per heavy atom. The third-order valence-corrected chi connectivity index (χ3v) is 5.35. The Hall–Kier alpha value is -2.19. The third kappa shape index (κ3) is 4.08. The molecule has 1 aliphatic rings. The fourth-order valence-electron chi connectivity index (χ4n) is 3.30. The van der Waals surface area contributed by atoms with E-state index in [2.05, 4.69) is 5.10 Å². The molecular formula is C17H22N4O3S. The molecule has 8 heteroatoms. The van der Waals surface area contributed by atoms with Crippen LogP contribution in [-0.2, 0) is 10.0 Å². The maximum absolute atomic E-state index is 12.6. The molecule has 3 rings (SSSR count). The van der Waals surface area contributed by atoms with E-state index >= 15 is 0 Å². The number of amides is 1. The van der Waals surface area contributed by atoms with E-state index in [1.165, 1.54) is 0 Å². The SMILES string of the molecule is Cc1cc(C)n(-c2ccc(C(=O)N3CC[C@H](CS(N)(=O)=O)C3)cc2)n1. The monoisotopic (exact) mass is 362 g/mol. The normalized spacial score (nSPS) is 17.9. The highest BCUT2D eigenvalue weighted by Crippen LogP contribution is 2.21. The molecule has 0 aliphatic carbocycles. The van der Waals surface area contributed by atoms with E-state index in [-0.39, 0.29) is 17.6 Å². The van der Waals surface area contributed by atoms with Crippen LogP contribution in [0.2, 0.25) is 0 Å². The number of likely N-dealkylation sites (tertiary alicyclic amines) is 1. The quantitative estimate of drug-likeness (QED) is 0.884. The van der Waals surface area contributed by atoms with Crippen molar-refractivity contribution in [1.29, 1.82) is 0 Å². The summed E-state index contributed by atoms with van der Waals surface area (Å²) in [5, 5.41) is 9.52. The minimum atomic E-state index is -3.51. The van der Waals surface area contributed by atoms with Crippen LogP contribution in [0.3, 0.4) is 0 Å². The molecule has 2 N–H and O–H groups in total. The summed E-state index contributed by atoms with van der Waals surface area (Å²) in [6, 6.07) is 9.28. The minimum absolute atomic E-state index is 0.0757. The molecule has 1 aromatic heterocycles. The second-order valence-corrected chi connectivity index (χ2v) is 8.28. The van der Waals surface area contributed by atoms with Gasteiger partial charge in [0.25, 0.3) is 5.91 Å². The molecule has 1 aromatic carbocycles. The van der Waals surface area contributed by atoms with E-state index in [1.54, 1.807) is 17.0 Å². The lowest BCUT2D eigenvalue weighted by molar-refractivity contribution is 0.0788. The van der Waals surface area contributed by atoms with Gasteiger partial charge in [0.1, 0.15) is 0 Å². The van der Waals surface area contributed by atoms with Crippen molar-refractivity contribution in [3.63, 3.8) is 0 Å². The number of aromatic nitrogens is 2. The Balaban J connectivity index is 1.70. The maximum Gasteiger partial charge on any atom is 0.253 e. The van der Waals surface area contributed by atoms with Crippen LogP contribution < -0.4 is 5.14 Å². The fraction of sp³-hybridized carbons (Fsp3) is 0.412. The van der Waals surface area contributed by atoms with E-state index < -0.39 is 10.0 Å². The van der Waals surface area contributed by atoms with Gasteiger partial charge in [0.05, 0.1) is 17.1 Å². The van der Waals surface area contributed by atoms with Crippen LogP contribution in [0.5, 0.6) is 0 Å². The molecule has 1 amide bonds. The second kappa shape index (κ2) is 6.61. The van der Waals surface area contributed by atoms with Gasteiger partial charge in [-0.1, -0.05) is 0 Å². The first-order valence-corrected chi connectivity index (χ1v) is 9.88. The second-order valence-electron chi connectivity index (χ2n) is 6.62. The van der Waals surface area contributed by atoms with E-state index in [0.29, 0.717) is 25.1 Å². The highest BCUT2D eigenvalue weighted by molar-refractivity contribution is 7.89. The van der Waals surface area contributed by atoms with Crippen LogP contribution >= 0.6 is 0 Å². The number of aryl methyl sites for hydroxylation is 2. The first kappa shape index (κ1) is 17.6. The minimum Gasteiger partial charge on any atom is -0.338 e. The molecule has 1 aliphatic heterocycles. The molecule has 0 unspecified atom stereocenters. The zero-order valence-electron chi connectivity index (χ0n) is 14.3. The van der Waals surface area contributed by atoms with Crippen molar-refractivity contribution in [3.8, 4) is 5.69 Å². The number of benzene rings is 1. The number of sulfonamides is 1. The smallest absolute Gasteiger partial charge is 0.253 e. The summed E-state index contributed by atoms with van der Waals surface area (Å²) in [4.78, 5) is 14.3. The Bertz CT molecular complexity index is 887. The zero-order chi connectivity index (χ0) is 18.2. The van der Waals surface area contributed by atoms with Gasteiger partial charge in [0.2, 0.25) is 10.0 Å². The largest absolute Gasteiger partial charge is 0.338 e. The van der Waals surface area contributed by atoms with Crippen LogP contribution in [-0.4, -0.2) is 47.8 Å². The van der Waals surface area contributed by atoms with Crippen molar-refractivity contribution in [3.05, 3.63) is 47.3 Å². The van der Waals surface area contributed by atoms with Crippen LogP contribution in [0.1, 0.15) is 28.2 Å². The summed E-state index contributed by atoms with van der Waals surface area (Å²) >= 11 is 0. The molecule has 2 aromatic rings. The number of hydrogen-bond donors (Lipinski definition) is 1. The zero-order valence-corrected chi connectivity index (χ0v) is 15.2. The first-order chi connectivity index (χ1) is 11.7. The predicted octanol–water partition coefficient (Wildman–Crippen LogP) is 1.24. The average Bonchev–Trinajstić information content (AvgIpc) is 3.11. The maximum atomic E-state index is 12.6. The molecule has 0 spiro atoms. The molecule has 0 radical (unpaired) electrons. The lowest BCUT2D eigenvalue weighted by Gasteiger charge is -2.16. The predicted molar refractivity (Wildman–Crippen MR) is 95.0 cm³/mol. The molecule has 1 atom stereocenters. The summed E-state index contributed by atoms with van der Waals surface area (Å²) in [7, 11) is -3.51. The van der Waals surface area contributed by atoms with Gasteiger partial charge in [-0.25, -0.2) is 18.2 Å². The van der Waals surface area contributed by atoms with Crippen LogP contribution in [0.25, 0.3) is 5.69 Å². The van der Waals surface area contributed by atoms with Gasteiger partial charge in [0.15, 0.2) is 0 Å². The number of primary sulfonamides is 1. The van der Waals surface area contributed by atoms with Crippen LogP contribution in [0.15, 0.2) is 30.3 Å². The molecule has 134 valence electrons. The molecule has 25 heavy (non-hydrogen) atoms. The summed E-state index contributed by atoms with van der Waals surface area (Å²) in [5.41, 5.74) is 3.45. The molecule has 0 bridgehead atoms. The van der Waals surface area contributed by atoms with Crippen molar-refractivity contribution in [1.82, 2.24) is 14.7 Å². The standard InChI is InChI=1S/C17H22N4O3S/c1-12-9-13(2)21(19-12)16-5-3-15(4-6-16)17(22)20-8-7-14(10-20)11-25(18,23)24/h3-6,9,14H,7-8,10-11H2,1-2H3,(H2,18,23,24)/t14-/m0/s1. The number of hydrogen-bond acceptors (Lipinski definition) is 4. The van der Waals surface area contributed by atoms with Gasteiger partial charge in [0, 0.05) is 24.3 Å². The van der Waals surface area contributed by atoms with Gasteiger partial charge in [-0.3, -0.25) is 4.79 Å². The molecule has 1 fully saturated rings. The number of carbonyl (C=O) groups is 1. The average molecular weight is 362 g/mol. The van der Waals surface area contributed by atoms with Crippen molar-refractivity contribution in [2.45, 2.75) is 20.3 Å². The van der Waals surface area contributed by atoms with Crippen LogP contribution in [0.4, 0.5) is 0 Å². The van der Waals surface area contributed by atoms with Gasteiger partial charge in [-0.05, 0) is 56.5 Å². The number of carbonyl (C=O) groups excluding carboxylic acids is 1. The van der Waals surface area contributed by atoms with Crippen LogP contribution in [0, 0.1) is 19.8 Å². The van der Waals surface area contributed by atoms with E-state index in [1.807, 2.05) is 36.7 Å². The van der Waals surface area contributed by atoms with Gasteiger partial charge >= 0.3 is 0 Å². The summed E-state index contributed by atoms with van der Waals surface area (Å²) in [5.74, 6) is -0.252. The number of nitrogens with two attached hydrogens (primary N) is 1. The lowest BCUT2D eigenvalue weighted by Crippen LogP contribution is -2.30. The summed E-state index contributed by atoms with van der Waals surface area (Å²) in [6.07, 6.45) is 0.659. The third-order valence-electron chi connectivity index (χ3n) is 4.41. The molecule has 0 saturated carbocycles. The lowest BCUT2D eigenvalue weighted by atomic mass is 10.1. The van der Waals surface area contributed by atoms with E-state index in [4.69, 9.17) is 5.14 Å². The number of rotatable bonds is 4. The molecular weight excluding hydrogens is 340 g/mol. The molecule has 2 heterocycles. The first-order valence-electron chi connectivity index (χ1n) is 8.16. The van der Waals surface area contributed by atoms with Crippen molar-refractivity contribution in [2.24, 2.45) is 11.1 Å². The Morgan fingerprint density at radius 3 is 2.52 bits per heavy atom. The Labute approximate surface area is 147 Å². The highest BCUT2D eigenvalue weighted by Gasteiger charge is 2.29. The van der Waals surface area contributed by atoms with Crippen molar-refractivity contribution < 1.29 is 13.2 Å². The topological polar surface area (TPSA) is 98.3 Å². The van der Waals surface area contributed by atoms with Gasteiger partial charge in [-0.2, -0.15) is 5.10 Å². The van der Waals surface area contributed by atoms with Crippen molar-refractivity contribution in [2.75, 3.05) is 18.8 Å². The van der Waals surface area contributed by atoms with Gasteiger partial charge in [-0.15, -0.1) is 0 Å². The molecule has 7 nitrogen and oxygen atoms in total. The Morgan fingerprint density at radius 2 is 1.96 bits per heavy atom. The van der Waals surface area contributed by atoms with E-state index in [0.717, 1.165) is 17.1 Å². The van der Waals surface area contributed by atoms with Gasteiger partial charge < -0.3 is 4.90 Å². The summed E-state index contributed by atoms with van der Waals surface area (Å²) in [6.45, 7) is 4.90. The number of nitrogens with zero attached hydrogens (tertiary/aromatic N) is 3. The Kier molecular flexibility index (Phi) is 4.66. The molecule has 1 saturated heterocycles. The summed E-state index contributed by atoms with van der Waals surface area (Å²) < 4.78 is 24.2. The van der Waals surface area contributed by atoms with Crippen molar-refractivity contribution >= 4 is 15.9 Å².